The maximum atomic E-state index is 13.1. The molecule has 5 nitrogen and oxygen atoms in total. The topological polar surface area (TPSA) is 51.0 Å². The van der Waals surface area contributed by atoms with Crippen molar-refractivity contribution in [2.24, 2.45) is 0 Å². The molecule has 4 aromatic rings. The largest absolute Gasteiger partial charge is 0.446 e. The van der Waals surface area contributed by atoms with Crippen LogP contribution in [0.2, 0.25) is 0 Å². The quantitative estimate of drug-likeness (QED) is 0.238. The lowest BCUT2D eigenvalue weighted by molar-refractivity contribution is -0.132. The molecule has 2 aromatic heterocycles. The first kappa shape index (κ1) is 26.7. The van der Waals surface area contributed by atoms with Crippen molar-refractivity contribution in [1.29, 1.82) is 0 Å². The van der Waals surface area contributed by atoms with Crippen molar-refractivity contribution in [3.8, 4) is 10.6 Å². The Morgan fingerprint density at radius 2 is 1.82 bits per heavy atom. The number of benzene rings is 2. The van der Waals surface area contributed by atoms with Gasteiger partial charge in [0.2, 0.25) is 5.91 Å². The molecule has 0 aliphatic carbocycles. The first-order chi connectivity index (χ1) is 18.0. The minimum atomic E-state index is -4.35. The van der Waals surface area contributed by atoms with E-state index in [0.29, 0.717) is 18.7 Å². The standard InChI is InChI=1S/C28H29F3N4OS2/c1-27(2,3)20-12-19(13-21(14-20)38-28(29,30)31)26-32-15-24(37-26)18-8-10-34(11-9-18)25(36)16-35-17-33-22-6-4-5-7-23(22)35/h4-7,12-15,17-18H,8-11,16H2,1-3H3. The number of rotatable bonds is 5. The Morgan fingerprint density at radius 1 is 1.08 bits per heavy atom. The Labute approximate surface area is 228 Å². The number of para-hydroxylation sites is 2. The fourth-order valence-corrected chi connectivity index (χ4v) is 6.46. The van der Waals surface area contributed by atoms with Crippen LogP contribution in [-0.2, 0) is 16.8 Å². The average molecular weight is 559 g/mol. The van der Waals surface area contributed by atoms with Crippen LogP contribution in [0.4, 0.5) is 13.2 Å². The number of halogens is 3. The van der Waals surface area contributed by atoms with E-state index < -0.39 is 5.51 Å². The van der Waals surface area contributed by atoms with E-state index in [9.17, 15) is 18.0 Å². The Balaban J connectivity index is 1.26. The Bertz CT molecular complexity index is 1450. The molecule has 0 radical (unpaired) electrons. The maximum Gasteiger partial charge on any atom is 0.446 e. The molecule has 1 fully saturated rings. The molecule has 3 heterocycles. The van der Waals surface area contributed by atoms with Gasteiger partial charge in [0.1, 0.15) is 11.6 Å². The number of likely N-dealkylation sites (tertiary alicyclic amines) is 1. The smallest absolute Gasteiger partial charge is 0.341 e. The molecule has 10 heteroatoms. The predicted octanol–water partition coefficient (Wildman–Crippen LogP) is 7.48. The Kier molecular flexibility index (Phi) is 7.30. The number of amides is 1. The summed E-state index contributed by atoms with van der Waals surface area (Å²) >= 11 is 1.45. The van der Waals surface area contributed by atoms with Crippen LogP contribution in [0.15, 0.2) is 59.9 Å². The molecule has 1 saturated heterocycles. The molecule has 0 N–H and O–H groups in total. The van der Waals surface area contributed by atoms with Crippen LogP contribution in [0, 0.1) is 0 Å². The van der Waals surface area contributed by atoms with E-state index in [1.54, 1.807) is 18.5 Å². The van der Waals surface area contributed by atoms with Crippen LogP contribution in [0.5, 0.6) is 0 Å². The fourth-order valence-electron chi connectivity index (χ4n) is 4.75. The number of hydrogen-bond donors (Lipinski definition) is 0. The van der Waals surface area contributed by atoms with Gasteiger partial charge in [-0.05, 0) is 71.8 Å². The van der Waals surface area contributed by atoms with Crippen molar-refractivity contribution < 1.29 is 18.0 Å². The number of aromatic nitrogens is 3. The molecule has 38 heavy (non-hydrogen) atoms. The highest BCUT2D eigenvalue weighted by molar-refractivity contribution is 8.00. The monoisotopic (exact) mass is 558 g/mol. The van der Waals surface area contributed by atoms with Crippen LogP contribution >= 0.6 is 23.1 Å². The van der Waals surface area contributed by atoms with Gasteiger partial charge >= 0.3 is 5.51 Å². The van der Waals surface area contributed by atoms with Crippen LogP contribution in [0.1, 0.15) is 50.0 Å². The van der Waals surface area contributed by atoms with E-state index >= 15 is 0 Å². The molecular weight excluding hydrogens is 529 g/mol. The summed E-state index contributed by atoms with van der Waals surface area (Å²) in [5.41, 5.74) is -1.27. The summed E-state index contributed by atoms with van der Waals surface area (Å²) in [7, 11) is 0. The number of carbonyl (C=O) groups is 1. The van der Waals surface area contributed by atoms with Gasteiger partial charge in [-0.25, -0.2) is 9.97 Å². The highest BCUT2D eigenvalue weighted by Gasteiger charge is 2.31. The summed E-state index contributed by atoms with van der Waals surface area (Å²) in [6, 6.07) is 12.9. The zero-order valence-electron chi connectivity index (χ0n) is 21.5. The van der Waals surface area contributed by atoms with Gasteiger partial charge in [0.15, 0.2) is 0 Å². The highest BCUT2D eigenvalue weighted by atomic mass is 32.2. The second kappa shape index (κ2) is 10.4. The number of alkyl halides is 3. The van der Waals surface area contributed by atoms with Crippen molar-refractivity contribution >= 4 is 40.0 Å². The second-order valence-electron chi connectivity index (χ2n) is 10.6. The van der Waals surface area contributed by atoms with Gasteiger partial charge in [-0.2, -0.15) is 13.2 Å². The number of piperidine rings is 1. The molecule has 0 spiro atoms. The zero-order chi connectivity index (χ0) is 27.1. The van der Waals surface area contributed by atoms with E-state index in [2.05, 4.69) is 9.97 Å². The number of carbonyl (C=O) groups excluding carboxylic acids is 1. The van der Waals surface area contributed by atoms with Crippen molar-refractivity contribution in [3.63, 3.8) is 0 Å². The summed E-state index contributed by atoms with van der Waals surface area (Å²) in [6.07, 6.45) is 5.21. The van der Waals surface area contributed by atoms with Gasteiger partial charge < -0.3 is 9.47 Å². The average Bonchev–Trinajstić information content (AvgIpc) is 3.50. The first-order valence-electron chi connectivity index (χ1n) is 12.5. The maximum absolute atomic E-state index is 13.1. The van der Waals surface area contributed by atoms with Gasteiger partial charge in [-0.3, -0.25) is 4.79 Å². The van der Waals surface area contributed by atoms with Gasteiger partial charge in [0, 0.05) is 34.6 Å². The van der Waals surface area contributed by atoms with Gasteiger partial charge in [0.05, 0.1) is 17.4 Å². The zero-order valence-corrected chi connectivity index (χ0v) is 23.1. The molecule has 200 valence electrons. The molecule has 1 amide bonds. The van der Waals surface area contributed by atoms with Crippen molar-refractivity contribution in [1.82, 2.24) is 19.4 Å². The number of fused-ring (bicyclic) bond motifs is 1. The minimum Gasteiger partial charge on any atom is -0.341 e. The summed E-state index contributed by atoms with van der Waals surface area (Å²) in [5, 5.41) is 0.723. The van der Waals surface area contributed by atoms with E-state index in [-0.39, 0.29) is 40.4 Å². The molecule has 1 aliphatic rings. The van der Waals surface area contributed by atoms with Crippen LogP contribution in [0.3, 0.4) is 0 Å². The summed E-state index contributed by atoms with van der Waals surface area (Å²) in [4.78, 5) is 25.1. The van der Waals surface area contributed by atoms with Gasteiger partial charge in [-0.1, -0.05) is 32.9 Å². The molecule has 0 saturated carbocycles. The second-order valence-corrected chi connectivity index (χ2v) is 12.8. The first-order valence-corrected chi connectivity index (χ1v) is 14.1. The third kappa shape index (κ3) is 6.07. The summed E-state index contributed by atoms with van der Waals surface area (Å²) in [6.45, 7) is 7.56. The van der Waals surface area contributed by atoms with Crippen LogP contribution < -0.4 is 0 Å². The molecule has 0 unspecified atom stereocenters. The lowest BCUT2D eigenvalue weighted by Crippen LogP contribution is -2.39. The number of thiazole rings is 1. The van der Waals surface area contributed by atoms with Crippen molar-refractivity contribution in [3.05, 3.63) is 65.4 Å². The SMILES string of the molecule is CC(C)(C)c1cc(SC(F)(F)F)cc(-c2ncc(C3CCN(C(=O)Cn4cnc5ccccc54)CC3)s2)c1. The predicted molar refractivity (Wildman–Crippen MR) is 146 cm³/mol. The third-order valence-electron chi connectivity index (χ3n) is 6.86. The molecule has 5 rings (SSSR count). The normalized spacial score (nSPS) is 15.4. The van der Waals surface area contributed by atoms with Crippen LogP contribution in [0.25, 0.3) is 21.6 Å². The van der Waals surface area contributed by atoms with E-state index in [1.807, 2.05) is 66.8 Å². The lowest BCUT2D eigenvalue weighted by atomic mass is 9.86. The summed E-state index contributed by atoms with van der Waals surface area (Å²) < 4.78 is 41.3. The van der Waals surface area contributed by atoms with Crippen molar-refractivity contribution in [2.75, 3.05) is 13.1 Å². The lowest BCUT2D eigenvalue weighted by Gasteiger charge is -2.31. The van der Waals surface area contributed by atoms with Gasteiger partial charge in [-0.15, -0.1) is 11.3 Å². The Hall–Kier alpha value is -2.85. The molecule has 0 bridgehead atoms. The minimum absolute atomic E-state index is 0.0743. The number of hydrogen-bond acceptors (Lipinski definition) is 5. The third-order valence-corrected chi connectivity index (χ3v) is 8.77. The van der Waals surface area contributed by atoms with E-state index in [0.717, 1.165) is 39.3 Å². The number of thioether (sulfide) groups is 1. The van der Waals surface area contributed by atoms with Crippen molar-refractivity contribution in [2.45, 2.75) is 61.9 Å². The molecular formula is C28H29F3N4OS2. The number of imidazole rings is 1. The fraction of sp³-hybridized carbons (Fsp3) is 0.393. The molecule has 1 aliphatic heterocycles. The molecule has 2 aromatic carbocycles. The summed E-state index contributed by atoms with van der Waals surface area (Å²) in [5.74, 6) is 0.347. The Morgan fingerprint density at radius 3 is 2.53 bits per heavy atom. The highest BCUT2D eigenvalue weighted by Crippen LogP contribution is 2.42. The van der Waals surface area contributed by atoms with E-state index in [1.165, 1.54) is 11.3 Å². The van der Waals surface area contributed by atoms with E-state index in [4.69, 9.17) is 0 Å². The van der Waals surface area contributed by atoms with Gasteiger partial charge in [0.25, 0.3) is 0 Å². The van der Waals surface area contributed by atoms with Crippen LogP contribution in [-0.4, -0.2) is 43.9 Å². The molecule has 0 atom stereocenters. The number of nitrogens with zero attached hydrogens (tertiary/aromatic N) is 4.